The quantitative estimate of drug-likeness (QED) is 0.386. The standard InChI is InChI=1S/C28H31ClN2O3/c1-21-14-16-24(17-15-21)34-18-8-13-27(32)31(20-23-11-6-7-12-25(23)29)26(28(33)30-2)19-22-9-4-3-5-10-22/h3-7,9-12,14-17,26H,8,13,18-20H2,1-2H3,(H,30,33)/t26-/m0/s1. The summed E-state index contributed by atoms with van der Waals surface area (Å²) >= 11 is 6.40. The van der Waals surface area contributed by atoms with Crippen molar-refractivity contribution in [3.05, 3.63) is 101 Å². The summed E-state index contributed by atoms with van der Waals surface area (Å²) in [6, 6.07) is 24.3. The van der Waals surface area contributed by atoms with Crippen LogP contribution in [-0.4, -0.2) is 36.4 Å². The SMILES string of the molecule is CNC(=O)[C@H](Cc1ccccc1)N(Cc1ccccc1Cl)C(=O)CCCOc1ccc(C)cc1. The van der Waals surface area contributed by atoms with Gasteiger partial charge in [-0.1, -0.05) is 77.8 Å². The molecule has 0 saturated heterocycles. The zero-order valence-corrected chi connectivity index (χ0v) is 20.4. The fraction of sp³-hybridized carbons (Fsp3) is 0.286. The van der Waals surface area contributed by atoms with E-state index in [-0.39, 0.29) is 24.8 Å². The highest BCUT2D eigenvalue weighted by Crippen LogP contribution is 2.21. The maximum Gasteiger partial charge on any atom is 0.242 e. The number of benzene rings is 3. The van der Waals surface area contributed by atoms with Crippen LogP contribution in [0.4, 0.5) is 0 Å². The molecular weight excluding hydrogens is 448 g/mol. The maximum absolute atomic E-state index is 13.4. The Balaban J connectivity index is 1.75. The lowest BCUT2D eigenvalue weighted by Crippen LogP contribution is -2.49. The summed E-state index contributed by atoms with van der Waals surface area (Å²) in [4.78, 5) is 28.0. The van der Waals surface area contributed by atoms with Crippen LogP contribution in [0.25, 0.3) is 0 Å². The lowest BCUT2D eigenvalue weighted by molar-refractivity contribution is -0.141. The van der Waals surface area contributed by atoms with Gasteiger partial charge in [0.2, 0.25) is 11.8 Å². The number of nitrogens with one attached hydrogen (secondary N) is 1. The molecule has 0 bridgehead atoms. The smallest absolute Gasteiger partial charge is 0.242 e. The van der Waals surface area contributed by atoms with Gasteiger partial charge in [-0.25, -0.2) is 0 Å². The van der Waals surface area contributed by atoms with Gasteiger partial charge in [-0.15, -0.1) is 0 Å². The fourth-order valence-corrected chi connectivity index (χ4v) is 3.92. The molecule has 0 spiro atoms. The van der Waals surface area contributed by atoms with Crippen LogP contribution in [0.5, 0.6) is 5.75 Å². The van der Waals surface area contributed by atoms with E-state index in [4.69, 9.17) is 16.3 Å². The first-order valence-corrected chi connectivity index (χ1v) is 11.8. The van der Waals surface area contributed by atoms with Gasteiger partial charge < -0.3 is 15.0 Å². The molecule has 0 heterocycles. The summed E-state index contributed by atoms with van der Waals surface area (Å²) in [7, 11) is 1.59. The molecule has 6 heteroatoms. The summed E-state index contributed by atoms with van der Waals surface area (Å²) in [6.45, 7) is 2.69. The molecule has 0 aliphatic carbocycles. The van der Waals surface area contributed by atoms with E-state index in [0.717, 1.165) is 22.4 Å². The van der Waals surface area contributed by atoms with Gasteiger partial charge in [-0.2, -0.15) is 0 Å². The first kappa shape index (κ1) is 25.3. The van der Waals surface area contributed by atoms with Crippen molar-refractivity contribution in [1.82, 2.24) is 10.2 Å². The Morgan fingerprint density at radius 1 is 0.971 bits per heavy atom. The number of nitrogens with zero attached hydrogens (tertiary/aromatic N) is 1. The zero-order chi connectivity index (χ0) is 24.3. The van der Waals surface area contributed by atoms with Gasteiger partial charge >= 0.3 is 0 Å². The van der Waals surface area contributed by atoms with E-state index in [1.54, 1.807) is 18.0 Å². The topological polar surface area (TPSA) is 58.6 Å². The summed E-state index contributed by atoms with van der Waals surface area (Å²) in [5, 5.41) is 3.29. The normalized spacial score (nSPS) is 11.5. The highest BCUT2D eigenvalue weighted by atomic mass is 35.5. The highest BCUT2D eigenvalue weighted by Gasteiger charge is 2.29. The van der Waals surface area contributed by atoms with E-state index in [1.807, 2.05) is 79.7 Å². The van der Waals surface area contributed by atoms with Crippen LogP contribution in [0.15, 0.2) is 78.9 Å². The van der Waals surface area contributed by atoms with E-state index in [0.29, 0.717) is 24.5 Å². The van der Waals surface area contributed by atoms with Gasteiger partial charge in [0, 0.05) is 31.5 Å². The van der Waals surface area contributed by atoms with Crippen molar-refractivity contribution in [1.29, 1.82) is 0 Å². The number of rotatable bonds is 11. The fourth-order valence-electron chi connectivity index (χ4n) is 3.72. The van der Waals surface area contributed by atoms with Crippen molar-refractivity contribution >= 4 is 23.4 Å². The van der Waals surface area contributed by atoms with Crippen LogP contribution in [-0.2, 0) is 22.6 Å². The van der Waals surface area contributed by atoms with Gasteiger partial charge in [0.05, 0.1) is 6.61 Å². The van der Waals surface area contributed by atoms with Crippen LogP contribution < -0.4 is 10.1 Å². The molecule has 0 aliphatic rings. The molecular formula is C28H31ClN2O3. The summed E-state index contributed by atoms with van der Waals surface area (Å²) < 4.78 is 5.78. The molecule has 3 aromatic rings. The highest BCUT2D eigenvalue weighted by molar-refractivity contribution is 6.31. The van der Waals surface area contributed by atoms with Crippen molar-refractivity contribution in [2.45, 2.75) is 38.8 Å². The third-order valence-electron chi connectivity index (χ3n) is 5.64. The maximum atomic E-state index is 13.4. The van der Waals surface area contributed by atoms with Crippen LogP contribution in [0.1, 0.15) is 29.5 Å². The van der Waals surface area contributed by atoms with Gasteiger partial charge in [-0.3, -0.25) is 9.59 Å². The third-order valence-corrected chi connectivity index (χ3v) is 6.01. The van der Waals surface area contributed by atoms with Crippen LogP contribution in [0.2, 0.25) is 5.02 Å². The second kappa shape index (κ2) is 12.8. The van der Waals surface area contributed by atoms with E-state index < -0.39 is 6.04 Å². The lowest BCUT2D eigenvalue weighted by atomic mass is 10.0. The molecule has 34 heavy (non-hydrogen) atoms. The second-order valence-electron chi connectivity index (χ2n) is 8.20. The van der Waals surface area contributed by atoms with Gasteiger partial charge in [0.1, 0.15) is 11.8 Å². The van der Waals surface area contributed by atoms with E-state index in [2.05, 4.69) is 5.32 Å². The molecule has 2 amide bonds. The zero-order valence-electron chi connectivity index (χ0n) is 19.7. The van der Waals surface area contributed by atoms with Crippen molar-refractivity contribution in [2.24, 2.45) is 0 Å². The molecule has 0 radical (unpaired) electrons. The third kappa shape index (κ3) is 7.35. The minimum atomic E-state index is -0.658. The molecule has 0 fully saturated rings. The average Bonchev–Trinajstić information content (AvgIpc) is 2.86. The molecule has 0 aromatic heterocycles. The minimum absolute atomic E-state index is 0.114. The number of halogens is 1. The Labute approximate surface area is 206 Å². The Kier molecular flexibility index (Phi) is 9.53. The van der Waals surface area contributed by atoms with Gasteiger partial charge in [-0.05, 0) is 42.7 Å². The summed E-state index contributed by atoms with van der Waals surface area (Å²) in [6.07, 6.45) is 1.21. The number of hydrogen-bond donors (Lipinski definition) is 1. The number of likely N-dealkylation sites (N-methyl/N-ethyl adjacent to an activating group) is 1. The molecule has 1 atom stereocenters. The molecule has 0 unspecified atom stereocenters. The summed E-state index contributed by atoms with van der Waals surface area (Å²) in [5.41, 5.74) is 2.95. The first-order valence-electron chi connectivity index (χ1n) is 11.5. The second-order valence-corrected chi connectivity index (χ2v) is 8.61. The van der Waals surface area contributed by atoms with Crippen LogP contribution in [0, 0.1) is 6.92 Å². The van der Waals surface area contributed by atoms with Crippen LogP contribution in [0.3, 0.4) is 0 Å². The minimum Gasteiger partial charge on any atom is -0.494 e. The average molecular weight is 479 g/mol. The molecule has 3 rings (SSSR count). The molecule has 0 aliphatic heterocycles. The Morgan fingerprint density at radius 2 is 1.65 bits per heavy atom. The van der Waals surface area contributed by atoms with E-state index >= 15 is 0 Å². The van der Waals surface area contributed by atoms with Crippen molar-refractivity contribution in [3.63, 3.8) is 0 Å². The van der Waals surface area contributed by atoms with Crippen molar-refractivity contribution in [3.8, 4) is 5.75 Å². The molecule has 5 nitrogen and oxygen atoms in total. The Hall–Kier alpha value is -3.31. The molecule has 0 saturated carbocycles. The Morgan fingerprint density at radius 3 is 2.32 bits per heavy atom. The number of amides is 2. The van der Waals surface area contributed by atoms with Crippen LogP contribution >= 0.6 is 11.6 Å². The van der Waals surface area contributed by atoms with Crippen molar-refractivity contribution < 1.29 is 14.3 Å². The number of ether oxygens (including phenoxy) is 1. The first-order chi connectivity index (χ1) is 16.5. The predicted octanol–water partition coefficient (Wildman–Crippen LogP) is 5.19. The van der Waals surface area contributed by atoms with Gasteiger partial charge in [0.15, 0.2) is 0 Å². The number of carbonyl (C=O) groups excluding carboxylic acids is 2. The Bertz CT molecular complexity index is 1070. The molecule has 3 aromatic carbocycles. The predicted molar refractivity (Wildman–Crippen MR) is 136 cm³/mol. The molecule has 1 N–H and O–H groups in total. The van der Waals surface area contributed by atoms with Gasteiger partial charge in [0.25, 0.3) is 0 Å². The van der Waals surface area contributed by atoms with Crippen molar-refractivity contribution in [2.75, 3.05) is 13.7 Å². The van der Waals surface area contributed by atoms with E-state index in [9.17, 15) is 9.59 Å². The summed E-state index contributed by atoms with van der Waals surface area (Å²) in [5.74, 6) is 0.454. The van der Waals surface area contributed by atoms with E-state index in [1.165, 1.54) is 0 Å². The lowest BCUT2D eigenvalue weighted by Gasteiger charge is -2.31. The number of aryl methyl sites for hydroxylation is 1. The number of hydrogen-bond acceptors (Lipinski definition) is 3. The largest absolute Gasteiger partial charge is 0.494 e. The number of carbonyl (C=O) groups is 2. The monoisotopic (exact) mass is 478 g/mol. The molecule has 178 valence electrons.